The monoisotopic (exact) mass is 526 g/mol. The number of rotatable bonds is 10. The highest BCUT2D eigenvalue weighted by molar-refractivity contribution is 5.89. The Morgan fingerprint density at radius 2 is 1.66 bits per heavy atom. The van der Waals surface area contributed by atoms with Gasteiger partial charge in [0.2, 0.25) is 0 Å². The molecule has 0 bridgehead atoms. The van der Waals surface area contributed by atoms with Gasteiger partial charge in [0.05, 0.1) is 23.9 Å². The van der Waals surface area contributed by atoms with E-state index in [1.54, 1.807) is 0 Å². The molecule has 35 heavy (non-hydrogen) atoms. The van der Waals surface area contributed by atoms with Crippen molar-refractivity contribution in [2.24, 2.45) is 0 Å². The Morgan fingerprint density at radius 1 is 1.06 bits per heavy atom. The summed E-state index contributed by atoms with van der Waals surface area (Å²) in [6.07, 6.45) is 2.44. The lowest BCUT2D eigenvalue weighted by atomic mass is 9.88. The van der Waals surface area contributed by atoms with Gasteiger partial charge < -0.3 is 19.5 Å². The Morgan fingerprint density at radius 3 is 2.20 bits per heavy atom. The summed E-state index contributed by atoms with van der Waals surface area (Å²) in [5.74, 6) is 0.598. The van der Waals surface area contributed by atoms with Crippen LogP contribution in [0.2, 0.25) is 0 Å². The van der Waals surface area contributed by atoms with Crippen molar-refractivity contribution in [1.29, 1.82) is 0 Å². The van der Waals surface area contributed by atoms with Crippen molar-refractivity contribution >= 4 is 36.5 Å². The molecular weight excluding hydrogens is 487 g/mol. The first-order valence-electron chi connectivity index (χ1n) is 12.0. The first-order valence-corrected chi connectivity index (χ1v) is 12.0. The molecule has 3 rings (SSSR count). The molecule has 0 unspecified atom stereocenters. The van der Waals surface area contributed by atoms with Crippen LogP contribution in [-0.4, -0.2) is 61.0 Å². The van der Waals surface area contributed by atoms with Gasteiger partial charge in [-0.2, -0.15) is 0 Å². The van der Waals surface area contributed by atoms with Crippen molar-refractivity contribution in [3.05, 3.63) is 59.7 Å². The molecule has 196 valence electrons. The zero-order chi connectivity index (χ0) is 23.8. The van der Waals surface area contributed by atoms with Gasteiger partial charge in [0, 0.05) is 38.9 Å². The number of ether oxygens (including phenoxy) is 2. The van der Waals surface area contributed by atoms with E-state index in [4.69, 9.17) is 9.47 Å². The van der Waals surface area contributed by atoms with E-state index < -0.39 is 5.60 Å². The number of anilines is 1. The van der Waals surface area contributed by atoms with Crippen LogP contribution in [0.15, 0.2) is 48.5 Å². The Balaban J connectivity index is 0.00000306. The van der Waals surface area contributed by atoms with Crippen LogP contribution < -0.4 is 9.64 Å². The minimum Gasteiger partial charge on any atom is -0.491 e. The number of nitrogens with zero attached hydrogens (tertiary/aromatic N) is 2. The second-order valence-electron chi connectivity index (χ2n) is 9.25. The van der Waals surface area contributed by atoms with E-state index in [1.807, 2.05) is 57.2 Å². The van der Waals surface area contributed by atoms with Gasteiger partial charge in [-0.05, 0) is 82.0 Å². The third-order valence-electron chi connectivity index (χ3n) is 6.22. The molecule has 0 aromatic heterocycles. The lowest BCUT2D eigenvalue weighted by molar-refractivity contribution is -0.0275. The molecule has 1 N–H and O–H groups in total. The number of halogens is 2. The van der Waals surface area contributed by atoms with Crippen LogP contribution in [0.25, 0.3) is 0 Å². The van der Waals surface area contributed by atoms with E-state index in [0.29, 0.717) is 12.2 Å². The number of piperidine rings is 1. The Kier molecular flexibility index (Phi) is 12.9. The van der Waals surface area contributed by atoms with Crippen molar-refractivity contribution in [2.75, 3.05) is 38.2 Å². The van der Waals surface area contributed by atoms with Crippen molar-refractivity contribution < 1.29 is 19.4 Å². The van der Waals surface area contributed by atoms with Crippen LogP contribution in [0.4, 0.5) is 5.69 Å². The summed E-state index contributed by atoms with van der Waals surface area (Å²) in [6, 6.07) is 15.8. The minimum absolute atomic E-state index is 0. The average molecular weight is 528 g/mol. The normalized spacial score (nSPS) is 15.0. The molecule has 0 atom stereocenters. The van der Waals surface area contributed by atoms with Gasteiger partial charge in [0.25, 0.3) is 0 Å². The molecular formula is C27H40Cl2N2O4. The van der Waals surface area contributed by atoms with Gasteiger partial charge >= 0.3 is 5.97 Å². The number of benzene rings is 2. The average Bonchev–Trinajstić information content (AvgIpc) is 2.80. The van der Waals surface area contributed by atoms with Gasteiger partial charge in [0.1, 0.15) is 5.75 Å². The van der Waals surface area contributed by atoms with Crippen molar-refractivity contribution in [2.45, 2.75) is 58.3 Å². The number of aliphatic hydroxyl groups is 1. The molecule has 0 aliphatic carbocycles. The van der Waals surface area contributed by atoms with Crippen LogP contribution in [0, 0.1) is 0 Å². The molecule has 1 aliphatic rings. The lowest BCUT2D eigenvalue weighted by Crippen LogP contribution is -2.45. The molecule has 2 aromatic carbocycles. The maximum Gasteiger partial charge on any atom is 0.338 e. The SMILES string of the molecule is CCOC(=O)c1ccc(CN2CCC(O)(CCN(C)c3ccc(OC(C)C)cc3)CC2)cc1.Cl.Cl. The van der Waals surface area contributed by atoms with Crippen molar-refractivity contribution in [1.82, 2.24) is 4.90 Å². The number of carbonyl (C=O) groups is 1. The number of esters is 1. The molecule has 2 aromatic rings. The van der Waals surface area contributed by atoms with Crippen molar-refractivity contribution in [3.8, 4) is 5.75 Å². The van der Waals surface area contributed by atoms with Crippen LogP contribution in [0.3, 0.4) is 0 Å². The molecule has 1 heterocycles. The minimum atomic E-state index is -0.626. The summed E-state index contributed by atoms with van der Waals surface area (Å²) < 4.78 is 10.8. The Labute approximate surface area is 222 Å². The number of hydrogen-bond donors (Lipinski definition) is 1. The van der Waals surface area contributed by atoms with E-state index in [1.165, 1.54) is 0 Å². The quantitative estimate of drug-likeness (QED) is 0.421. The van der Waals surface area contributed by atoms with E-state index in [0.717, 1.165) is 62.4 Å². The van der Waals surface area contributed by atoms with Crippen molar-refractivity contribution in [3.63, 3.8) is 0 Å². The maximum atomic E-state index is 11.8. The molecule has 0 spiro atoms. The fraction of sp³-hybridized carbons (Fsp3) is 0.519. The third-order valence-corrected chi connectivity index (χ3v) is 6.22. The first-order chi connectivity index (χ1) is 15.8. The fourth-order valence-electron chi connectivity index (χ4n) is 4.15. The molecule has 6 nitrogen and oxygen atoms in total. The molecule has 0 radical (unpaired) electrons. The third kappa shape index (κ3) is 9.53. The zero-order valence-corrected chi connectivity index (χ0v) is 22.9. The Bertz CT molecular complexity index is 883. The number of likely N-dealkylation sites (tertiary alicyclic amines) is 1. The smallest absolute Gasteiger partial charge is 0.338 e. The van der Waals surface area contributed by atoms with Gasteiger partial charge in [-0.3, -0.25) is 4.90 Å². The summed E-state index contributed by atoms with van der Waals surface area (Å²) in [7, 11) is 2.07. The summed E-state index contributed by atoms with van der Waals surface area (Å²) in [4.78, 5) is 16.4. The Hall–Kier alpha value is -1.99. The number of carbonyl (C=O) groups excluding carboxylic acids is 1. The highest BCUT2D eigenvalue weighted by Gasteiger charge is 2.32. The first kappa shape index (κ1) is 31.0. The topological polar surface area (TPSA) is 62.2 Å². The molecule has 1 saturated heterocycles. The van der Waals surface area contributed by atoms with Crippen LogP contribution >= 0.6 is 24.8 Å². The van der Waals surface area contributed by atoms with Gasteiger partial charge in [0.15, 0.2) is 0 Å². The van der Waals surface area contributed by atoms with E-state index in [9.17, 15) is 9.90 Å². The summed E-state index contributed by atoms with van der Waals surface area (Å²) >= 11 is 0. The summed E-state index contributed by atoms with van der Waals surface area (Å²) in [5, 5.41) is 11.1. The van der Waals surface area contributed by atoms with Gasteiger partial charge in [-0.15, -0.1) is 24.8 Å². The lowest BCUT2D eigenvalue weighted by Gasteiger charge is -2.39. The zero-order valence-electron chi connectivity index (χ0n) is 21.2. The van der Waals surface area contributed by atoms with Crippen LogP contribution in [-0.2, 0) is 11.3 Å². The molecule has 0 amide bonds. The molecule has 8 heteroatoms. The van der Waals surface area contributed by atoms with Crippen LogP contribution in [0.5, 0.6) is 5.75 Å². The van der Waals surface area contributed by atoms with E-state index in [-0.39, 0.29) is 36.9 Å². The van der Waals surface area contributed by atoms with E-state index in [2.05, 4.69) is 29.0 Å². The summed E-state index contributed by atoms with van der Waals surface area (Å²) in [6.45, 7) is 9.58. The maximum absolute atomic E-state index is 11.8. The highest BCUT2D eigenvalue weighted by Crippen LogP contribution is 2.28. The highest BCUT2D eigenvalue weighted by atomic mass is 35.5. The second kappa shape index (κ2) is 14.5. The standard InChI is InChI=1S/C27H38N2O4.2ClH/c1-5-32-26(30)23-8-6-22(7-9-23)20-29-18-15-27(31,16-19-29)14-17-28(4)24-10-12-25(13-11-24)33-21(2)3;;/h6-13,21,31H,5,14-20H2,1-4H3;2*1H. The molecule has 1 fully saturated rings. The predicted octanol–water partition coefficient (Wildman–Crippen LogP) is 5.35. The molecule has 1 aliphatic heterocycles. The predicted molar refractivity (Wildman–Crippen MR) is 146 cm³/mol. The molecule has 0 saturated carbocycles. The summed E-state index contributed by atoms with van der Waals surface area (Å²) in [5.41, 5.74) is 2.25. The van der Waals surface area contributed by atoms with Gasteiger partial charge in [-0.25, -0.2) is 4.79 Å². The second-order valence-corrected chi connectivity index (χ2v) is 9.25. The number of hydrogen-bond acceptors (Lipinski definition) is 6. The van der Waals surface area contributed by atoms with Crippen LogP contribution in [0.1, 0.15) is 56.0 Å². The largest absolute Gasteiger partial charge is 0.491 e. The van der Waals surface area contributed by atoms with E-state index >= 15 is 0 Å². The van der Waals surface area contributed by atoms with Gasteiger partial charge in [-0.1, -0.05) is 12.1 Å². The fourth-order valence-corrected chi connectivity index (χ4v) is 4.15.